The van der Waals surface area contributed by atoms with E-state index in [1.54, 1.807) is 12.1 Å². The Morgan fingerprint density at radius 2 is 1.90 bits per heavy atom. The second-order valence-electron chi connectivity index (χ2n) is 4.36. The molecule has 0 atom stereocenters. The molecule has 3 nitrogen and oxygen atoms in total. The highest BCUT2D eigenvalue weighted by Crippen LogP contribution is 2.21. The minimum absolute atomic E-state index is 0.0354. The first-order chi connectivity index (χ1) is 10.1. The van der Waals surface area contributed by atoms with Crippen LogP contribution in [-0.2, 0) is 6.42 Å². The van der Waals surface area contributed by atoms with Gasteiger partial charge in [0.25, 0.3) is 0 Å². The summed E-state index contributed by atoms with van der Waals surface area (Å²) in [5, 5.41) is 5.67. The summed E-state index contributed by atoms with van der Waals surface area (Å²) in [6.45, 7) is 0.411. The van der Waals surface area contributed by atoms with Crippen molar-refractivity contribution in [1.82, 2.24) is 5.32 Å². The van der Waals surface area contributed by atoms with Crippen molar-refractivity contribution in [3.63, 3.8) is 0 Å². The molecule has 0 heterocycles. The van der Waals surface area contributed by atoms with Crippen LogP contribution in [0, 0.1) is 5.82 Å². The van der Waals surface area contributed by atoms with E-state index in [4.69, 9.17) is 23.2 Å². The molecule has 110 valence electrons. The predicted molar refractivity (Wildman–Crippen MR) is 83.6 cm³/mol. The Kier molecular flexibility index (Phi) is 5.42. The molecule has 0 spiro atoms. The van der Waals surface area contributed by atoms with Gasteiger partial charge in [-0.05, 0) is 36.2 Å². The minimum atomic E-state index is -0.649. The molecule has 2 amide bonds. The fourth-order valence-corrected chi connectivity index (χ4v) is 2.17. The Morgan fingerprint density at radius 1 is 1.14 bits per heavy atom. The zero-order valence-corrected chi connectivity index (χ0v) is 12.5. The molecule has 0 aliphatic heterocycles. The summed E-state index contributed by atoms with van der Waals surface area (Å²) in [5.41, 5.74) is 1.06. The van der Waals surface area contributed by atoms with Crippen molar-refractivity contribution in [3.8, 4) is 0 Å². The number of nitrogens with one attached hydrogen (secondary N) is 2. The molecule has 0 saturated carbocycles. The summed E-state index contributed by atoms with van der Waals surface area (Å²) in [6, 6.07) is 11.3. The fourth-order valence-electron chi connectivity index (χ4n) is 1.78. The molecule has 0 aliphatic carbocycles. The highest BCUT2D eigenvalue weighted by Gasteiger charge is 2.09. The van der Waals surface area contributed by atoms with E-state index in [0.717, 1.165) is 5.56 Å². The molecule has 6 heteroatoms. The number of hydrogen-bond acceptors (Lipinski definition) is 1. The van der Waals surface area contributed by atoms with Gasteiger partial charge in [-0.2, -0.15) is 0 Å². The molecule has 21 heavy (non-hydrogen) atoms. The Morgan fingerprint density at radius 3 is 2.67 bits per heavy atom. The predicted octanol–water partition coefficient (Wildman–Crippen LogP) is 4.50. The number of amides is 2. The summed E-state index contributed by atoms with van der Waals surface area (Å²) in [4.78, 5) is 11.7. The summed E-state index contributed by atoms with van der Waals surface area (Å²) in [6.07, 6.45) is 0.631. The van der Waals surface area contributed by atoms with Crippen LogP contribution in [0.25, 0.3) is 0 Å². The Hall–Kier alpha value is -1.78. The van der Waals surface area contributed by atoms with Crippen molar-refractivity contribution in [2.75, 3.05) is 11.9 Å². The topological polar surface area (TPSA) is 41.1 Å². The number of benzene rings is 2. The lowest BCUT2D eigenvalue weighted by molar-refractivity contribution is 0.252. The summed E-state index contributed by atoms with van der Waals surface area (Å²) in [7, 11) is 0. The van der Waals surface area contributed by atoms with Gasteiger partial charge in [-0.15, -0.1) is 0 Å². The molecular formula is C15H13Cl2FN2O. The van der Waals surface area contributed by atoms with E-state index in [0.29, 0.717) is 18.0 Å². The lowest BCUT2D eigenvalue weighted by atomic mass is 10.1. The van der Waals surface area contributed by atoms with E-state index in [2.05, 4.69) is 10.6 Å². The van der Waals surface area contributed by atoms with Gasteiger partial charge in [0.05, 0.1) is 10.7 Å². The Bertz CT molecular complexity index is 649. The third-order valence-electron chi connectivity index (χ3n) is 2.79. The van der Waals surface area contributed by atoms with Gasteiger partial charge in [0, 0.05) is 11.6 Å². The van der Waals surface area contributed by atoms with Crippen LogP contribution >= 0.6 is 23.2 Å². The molecule has 0 aromatic heterocycles. The van der Waals surface area contributed by atoms with E-state index in [9.17, 15) is 9.18 Å². The molecule has 0 fully saturated rings. The first-order valence-corrected chi connectivity index (χ1v) is 7.05. The monoisotopic (exact) mass is 326 g/mol. The van der Waals surface area contributed by atoms with Gasteiger partial charge in [0.2, 0.25) is 0 Å². The maximum Gasteiger partial charge on any atom is 0.319 e. The van der Waals surface area contributed by atoms with Crippen LogP contribution in [0.1, 0.15) is 5.56 Å². The SMILES string of the molecule is O=C(NCCc1cccc(Cl)c1)Nc1cccc(Cl)c1F. The van der Waals surface area contributed by atoms with Crippen LogP contribution in [0.4, 0.5) is 14.9 Å². The first-order valence-electron chi connectivity index (χ1n) is 6.29. The van der Waals surface area contributed by atoms with Gasteiger partial charge in [0.15, 0.2) is 5.82 Å². The number of urea groups is 1. The number of anilines is 1. The Labute approximate surface area is 132 Å². The van der Waals surface area contributed by atoms with Gasteiger partial charge in [-0.25, -0.2) is 9.18 Å². The maximum absolute atomic E-state index is 13.6. The molecule has 0 unspecified atom stereocenters. The van der Waals surface area contributed by atoms with Crippen LogP contribution in [0.5, 0.6) is 0 Å². The maximum atomic E-state index is 13.6. The van der Waals surface area contributed by atoms with Crippen LogP contribution < -0.4 is 10.6 Å². The first kappa shape index (κ1) is 15.6. The van der Waals surface area contributed by atoms with Crippen molar-refractivity contribution in [2.45, 2.75) is 6.42 Å². The van der Waals surface area contributed by atoms with Crippen molar-refractivity contribution in [3.05, 3.63) is 63.9 Å². The van der Waals surface area contributed by atoms with Gasteiger partial charge >= 0.3 is 6.03 Å². The average molecular weight is 327 g/mol. The summed E-state index contributed by atoms with van der Waals surface area (Å²) in [5.74, 6) is -0.649. The number of rotatable bonds is 4. The average Bonchev–Trinajstić information content (AvgIpc) is 2.44. The Balaban J connectivity index is 1.84. The van der Waals surface area contributed by atoms with E-state index < -0.39 is 11.8 Å². The second-order valence-corrected chi connectivity index (χ2v) is 5.21. The number of hydrogen-bond donors (Lipinski definition) is 2. The van der Waals surface area contributed by atoms with Crippen molar-refractivity contribution >= 4 is 34.9 Å². The van der Waals surface area contributed by atoms with Crippen LogP contribution in [0.15, 0.2) is 42.5 Å². The molecule has 2 rings (SSSR count). The normalized spacial score (nSPS) is 10.2. The number of carbonyl (C=O) groups is 1. The van der Waals surface area contributed by atoms with E-state index >= 15 is 0 Å². The summed E-state index contributed by atoms with van der Waals surface area (Å²) < 4.78 is 13.6. The zero-order chi connectivity index (χ0) is 15.2. The quantitative estimate of drug-likeness (QED) is 0.853. The molecule has 0 radical (unpaired) electrons. The van der Waals surface area contributed by atoms with E-state index in [1.807, 2.05) is 18.2 Å². The second kappa shape index (κ2) is 7.29. The molecule has 2 N–H and O–H groups in total. The van der Waals surface area contributed by atoms with E-state index in [1.165, 1.54) is 12.1 Å². The molecular weight excluding hydrogens is 314 g/mol. The van der Waals surface area contributed by atoms with Gasteiger partial charge in [-0.3, -0.25) is 0 Å². The molecule has 0 bridgehead atoms. The highest BCUT2D eigenvalue weighted by atomic mass is 35.5. The third-order valence-corrected chi connectivity index (χ3v) is 3.32. The van der Waals surface area contributed by atoms with Crippen LogP contribution in [-0.4, -0.2) is 12.6 Å². The lowest BCUT2D eigenvalue weighted by Crippen LogP contribution is -2.30. The molecule has 0 aliphatic rings. The molecule has 2 aromatic rings. The van der Waals surface area contributed by atoms with Gasteiger partial charge in [0.1, 0.15) is 0 Å². The zero-order valence-electron chi connectivity index (χ0n) is 11.0. The molecule has 2 aromatic carbocycles. The smallest absolute Gasteiger partial charge is 0.319 e. The van der Waals surface area contributed by atoms with Crippen molar-refractivity contribution in [1.29, 1.82) is 0 Å². The third kappa shape index (κ3) is 4.62. The van der Waals surface area contributed by atoms with Crippen molar-refractivity contribution in [2.24, 2.45) is 0 Å². The number of carbonyl (C=O) groups excluding carboxylic acids is 1. The summed E-state index contributed by atoms with van der Waals surface area (Å²) >= 11 is 11.5. The van der Waals surface area contributed by atoms with Gasteiger partial charge in [-0.1, -0.05) is 41.4 Å². The van der Waals surface area contributed by atoms with Crippen molar-refractivity contribution < 1.29 is 9.18 Å². The van der Waals surface area contributed by atoms with Crippen LogP contribution in [0.3, 0.4) is 0 Å². The highest BCUT2D eigenvalue weighted by molar-refractivity contribution is 6.31. The minimum Gasteiger partial charge on any atom is -0.338 e. The lowest BCUT2D eigenvalue weighted by Gasteiger charge is -2.09. The van der Waals surface area contributed by atoms with Gasteiger partial charge < -0.3 is 10.6 Å². The van der Waals surface area contributed by atoms with Crippen LogP contribution in [0.2, 0.25) is 10.0 Å². The van der Waals surface area contributed by atoms with E-state index in [-0.39, 0.29) is 10.7 Å². The fraction of sp³-hybridized carbons (Fsp3) is 0.133. The number of halogens is 3. The largest absolute Gasteiger partial charge is 0.338 e. The molecule has 0 saturated heterocycles. The standard InChI is InChI=1S/C15H13Cl2FN2O/c16-11-4-1-3-10(9-11)7-8-19-15(21)20-13-6-2-5-12(17)14(13)18/h1-6,9H,7-8H2,(H2,19,20,21).